The summed E-state index contributed by atoms with van der Waals surface area (Å²) in [6, 6.07) is 3.37. The third-order valence-corrected chi connectivity index (χ3v) is 3.20. The van der Waals surface area contributed by atoms with Crippen LogP contribution < -0.4 is 10.4 Å². The van der Waals surface area contributed by atoms with E-state index in [0.717, 1.165) is 12.1 Å². The maximum absolute atomic E-state index is 12.0. The minimum atomic E-state index is -0.963. The molecular formula is C14H8O8. The Kier molecular flexibility index (Phi) is 2.81. The molecule has 0 aliphatic heterocycles. The Balaban J connectivity index is 2.67. The van der Waals surface area contributed by atoms with Crippen LogP contribution in [-0.4, -0.2) is 26.9 Å². The highest BCUT2D eigenvalue weighted by Gasteiger charge is 2.21. The van der Waals surface area contributed by atoms with E-state index >= 15 is 0 Å². The van der Waals surface area contributed by atoms with Crippen LogP contribution in [0.25, 0.3) is 21.7 Å². The van der Waals surface area contributed by atoms with Crippen LogP contribution >= 0.6 is 0 Å². The highest BCUT2D eigenvalue weighted by atomic mass is 16.5. The molecule has 1 heterocycles. The molecule has 0 aliphatic rings. The molecule has 8 nitrogen and oxygen atoms in total. The van der Waals surface area contributed by atoms with Gasteiger partial charge in [0, 0.05) is 10.8 Å². The molecule has 0 saturated heterocycles. The predicted molar refractivity (Wildman–Crippen MR) is 73.3 cm³/mol. The molecule has 2 aromatic carbocycles. The van der Waals surface area contributed by atoms with E-state index in [-0.39, 0.29) is 28.2 Å². The average molecular weight is 304 g/mol. The van der Waals surface area contributed by atoms with Crippen molar-refractivity contribution in [2.75, 3.05) is 0 Å². The van der Waals surface area contributed by atoms with Crippen molar-refractivity contribution >= 4 is 28.2 Å². The zero-order valence-electron chi connectivity index (χ0n) is 10.7. The van der Waals surface area contributed by atoms with Gasteiger partial charge in [0.15, 0.2) is 22.8 Å². The van der Waals surface area contributed by atoms with Crippen molar-refractivity contribution in [2.24, 2.45) is 0 Å². The molecule has 8 heteroatoms. The Bertz CT molecular complexity index is 986. The molecule has 0 aliphatic carbocycles. The van der Waals surface area contributed by atoms with Gasteiger partial charge >= 0.3 is 5.63 Å². The normalized spacial score (nSPS) is 10.9. The topological polar surface area (TPSA) is 137 Å². The first kappa shape index (κ1) is 13.6. The van der Waals surface area contributed by atoms with E-state index < -0.39 is 34.4 Å². The van der Waals surface area contributed by atoms with Gasteiger partial charge < -0.3 is 29.6 Å². The van der Waals surface area contributed by atoms with Crippen molar-refractivity contribution in [3.63, 3.8) is 0 Å². The Morgan fingerprint density at radius 3 is 2.41 bits per heavy atom. The van der Waals surface area contributed by atoms with Crippen LogP contribution in [0.5, 0.6) is 28.7 Å². The van der Waals surface area contributed by atoms with Gasteiger partial charge in [-0.2, -0.15) is 0 Å². The summed E-state index contributed by atoms with van der Waals surface area (Å²) in [7, 11) is 0. The quantitative estimate of drug-likeness (QED) is 0.240. The Hall–Kier alpha value is -3.42. The summed E-state index contributed by atoms with van der Waals surface area (Å²) in [5.74, 6) is -3.09. The van der Waals surface area contributed by atoms with Crippen LogP contribution in [0, 0.1) is 0 Å². The van der Waals surface area contributed by atoms with E-state index in [1.54, 1.807) is 0 Å². The molecule has 0 unspecified atom stereocenters. The molecule has 3 aromatic rings. The van der Waals surface area contributed by atoms with Gasteiger partial charge in [0.05, 0.1) is 5.39 Å². The molecule has 4 N–H and O–H groups in total. The lowest BCUT2D eigenvalue weighted by Gasteiger charge is -2.11. The van der Waals surface area contributed by atoms with Crippen molar-refractivity contribution in [3.05, 3.63) is 28.6 Å². The monoisotopic (exact) mass is 304 g/mol. The second kappa shape index (κ2) is 4.55. The highest BCUT2D eigenvalue weighted by Crippen LogP contribution is 2.45. The molecule has 0 radical (unpaired) electrons. The van der Waals surface area contributed by atoms with E-state index in [2.05, 4.69) is 4.74 Å². The van der Waals surface area contributed by atoms with Gasteiger partial charge in [0.25, 0.3) is 6.47 Å². The fourth-order valence-corrected chi connectivity index (χ4v) is 2.23. The zero-order chi connectivity index (χ0) is 16.0. The van der Waals surface area contributed by atoms with E-state index in [0.29, 0.717) is 0 Å². The second-order valence-corrected chi connectivity index (χ2v) is 4.41. The molecular weight excluding hydrogens is 296 g/mol. The fourth-order valence-electron chi connectivity index (χ4n) is 2.23. The molecule has 0 spiro atoms. The van der Waals surface area contributed by atoms with Crippen LogP contribution in [0.1, 0.15) is 0 Å². The van der Waals surface area contributed by atoms with Crippen LogP contribution in [0.15, 0.2) is 27.4 Å². The first-order valence-corrected chi connectivity index (χ1v) is 5.92. The summed E-state index contributed by atoms with van der Waals surface area (Å²) in [6.45, 7) is 0.00859. The molecule has 0 fully saturated rings. The van der Waals surface area contributed by atoms with Gasteiger partial charge in [0.2, 0.25) is 11.5 Å². The number of ether oxygens (including phenoxy) is 1. The van der Waals surface area contributed by atoms with Crippen LogP contribution in [0.4, 0.5) is 0 Å². The van der Waals surface area contributed by atoms with Gasteiger partial charge in [0.1, 0.15) is 0 Å². The number of hydrogen-bond acceptors (Lipinski definition) is 8. The smallest absolute Gasteiger partial charge is 0.344 e. The van der Waals surface area contributed by atoms with Gasteiger partial charge in [-0.3, -0.25) is 4.79 Å². The van der Waals surface area contributed by atoms with Crippen molar-refractivity contribution in [1.29, 1.82) is 0 Å². The Morgan fingerprint density at radius 2 is 1.73 bits per heavy atom. The summed E-state index contributed by atoms with van der Waals surface area (Å²) in [5.41, 5.74) is -1.31. The molecule has 1 aromatic heterocycles. The van der Waals surface area contributed by atoms with E-state index in [1.807, 2.05) is 0 Å². The molecule has 0 atom stereocenters. The van der Waals surface area contributed by atoms with Crippen molar-refractivity contribution < 1.29 is 34.4 Å². The largest absolute Gasteiger partial charge is 0.504 e. The average Bonchev–Trinajstić information content (AvgIpc) is 2.49. The Morgan fingerprint density at radius 1 is 1.00 bits per heavy atom. The van der Waals surface area contributed by atoms with Crippen molar-refractivity contribution in [3.8, 4) is 28.7 Å². The maximum atomic E-state index is 12.0. The minimum absolute atomic E-state index is 0.00859. The van der Waals surface area contributed by atoms with E-state index in [4.69, 9.17) is 4.42 Å². The summed E-state index contributed by atoms with van der Waals surface area (Å²) < 4.78 is 9.56. The first-order chi connectivity index (χ1) is 10.5. The van der Waals surface area contributed by atoms with Crippen molar-refractivity contribution in [1.82, 2.24) is 0 Å². The number of benzene rings is 2. The van der Waals surface area contributed by atoms with Gasteiger partial charge in [-0.1, -0.05) is 0 Å². The number of carbonyl (C=O) groups is 1. The molecule has 112 valence electrons. The molecule has 0 bridgehead atoms. The lowest BCUT2D eigenvalue weighted by molar-refractivity contribution is -0.120. The standard InChI is InChI=1S/C14H8O8/c15-4-21-13-9-5-1-2-7(16)10(18)12(5)22-14(20)6(9)3-8(17)11(13)19/h1-4,16-19H. The number of fused-ring (bicyclic) bond motifs is 3. The number of hydrogen-bond donors (Lipinski definition) is 4. The van der Waals surface area contributed by atoms with Gasteiger partial charge in [-0.15, -0.1) is 0 Å². The van der Waals surface area contributed by atoms with Crippen LogP contribution in [0.2, 0.25) is 0 Å². The third kappa shape index (κ3) is 1.71. The number of aromatic hydroxyl groups is 4. The summed E-state index contributed by atoms with van der Waals surface area (Å²) in [5, 5.41) is 38.5. The maximum Gasteiger partial charge on any atom is 0.344 e. The molecule has 22 heavy (non-hydrogen) atoms. The number of phenols is 4. The minimum Gasteiger partial charge on any atom is -0.504 e. The van der Waals surface area contributed by atoms with Gasteiger partial charge in [-0.25, -0.2) is 4.79 Å². The second-order valence-electron chi connectivity index (χ2n) is 4.41. The van der Waals surface area contributed by atoms with Gasteiger partial charge in [-0.05, 0) is 18.2 Å². The fraction of sp³-hybridized carbons (Fsp3) is 0. The first-order valence-electron chi connectivity index (χ1n) is 5.92. The van der Waals surface area contributed by atoms with E-state index in [1.165, 1.54) is 6.07 Å². The third-order valence-electron chi connectivity index (χ3n) is 3.20. The summed E-state index contributed by atoms with van der Waals surface area (Å²) in [4.78, 5) is 22.6. The van der Waals surface area contributed by atoms with Crippen LogP contribution in [-0.2, 0) is 4.79 Å². The number of carbonyl (C=O) groups excluding carboxylic acids is 1. The number of rotatable bonds is 2. The number of phenolic OH excluding ortho intramolecular Hbond substituents is 4. The molecule has 0 amide bonds. The highest BCUT2D eigenvalue weighted by molar-refractivity contribution is 6.11. The van der Waals surface area contributed by atoms with Crippen molar-refractivity contribution in [2.45, 2.75) is 0 Å². The lowest BCUT2D eigenvalue weighted by Crippen LogP contribution is -2.02. The molecule has 0 saturated carbocycles. The SMILES string of the molecule is O=COc1c(O)c(O)cc2c(=O)oc3c(O)c(O)ccc3c12. The lowest BCUT2D eigenvalue weighted by atomic mass is 10.0. The zero-order valence-corrected chi connectivity index (χ0v) is 10.7. The summed E-state index contributed by atoms with van der Waals surface area (Å²) in [6.07, 6.45) is 0. The molecule has 3 rings (SSSR count). The summed E-state index contributed by atoms with van der Waals surface area (Å²) >= 11 is 0. The van der Waals surface area contributed by atoms with Crippen LogP contribution in [0.3, 0.4) is 0 Å². The predicted octanol–water partition coefficient (Wildman–Crippen LogP) is 1.30. The Labute approximate surface area is 121 Å². The van der Waals surface area contributed by atoms with E-state index in [9.17, 15) is 30.0 Å².